The molecule has 0 amide bonds. The highest BCUT2D eigenvalue weighted by atomic mass is 19.1. The van der Waals surface area contributed by atoms with Crippen LogP contribution in [0.4, 0.5) is 22.0 Å². The summed E-state index contributed by atoms with van der Waals surface area (Å²) in [5.74, 6) is 0.837. The second-order valence-electron chi connectivity index (χ2n) is 4.28. The van der Waals surface area contributed by atoms with Gasteiger partial charge in [0.05, 0.1) is 0 Å². The first-order chi connectivity index (χ1) is 9.04. The van der Waals surface area contributed by atoms with Gasteiger partial charge in [0.25, 0.3) is 0 Å². The fourth-order valence-corrected chi connectivity index (χ4v) is 1.84. The average Bonchev–Trinajstić information content (AvgIpc) is 2.30. The van der Waals surface area contributed by atoms with Gasteiger partial charge in [0.2, 0.25) is 5.95 Å². The molecular weight excluding hydrogens is 245 g/mol. The van der Waals surface area contributed by atoms with Crippen molar-refractivity contribution >= 4 is 17.6 Å². The van der Waals surface area contributed by atoms with Gasteiger partial charge in [-0.1, -0.05) is 6.07 Å². The monoisotopic (exact) mass is 261 g/mol. The third-order valence-corrected chi connectivity index (χ3v) is 2.77. The van der Waals surface area contributed by atoms with Crippen LogP contribution >= 0.6 is 0 Å². The second-order valence-corrected chi connectivity index (χ2v) is 4.28. The summed E-state index contributed by atoms with van der Waals surface area (Å²) in [6.07, 6.45) is 0.760. The topological polar surface area (TPSA) is 89.8 Å². The molecule has 0 fully saturated rings. The van der Waals surface area contributed by atoms with Crippen LogP contribution in [-0.2, 0) is 6.42 Å². The zero-order valence-corrected chi connectivity index (χ0v) is 10.7. The lowest BCUT2D eigenvalue weighted by molar-refractivity contribution is 0.625. The molecule has 100 valence electrons. The number of rotatable bonds is 4. The van der Waals surface area contributed by atoms with Crippen molar-refractivity contribution in [3.8, 4) is 0 Å². The van der Waals surface area contributed by atoms with E-state index in [0.717, 1.165) is 17.5 Å². The van der Waals surface area contributed by atoms with Crippen molar-refractivity contribution in [3.63, 3.8) is 0 Å². The quantitative estimate of drug-likeness (QED) is 0.780. The van der Waals surface area contributed by atoms with Crippen LogP contribution in [0.25, 0.3) is 0 Å². The summed E-state index contributed by atoms with van der Waals surface area (Å²) in [5, 5.41) is 3.11. The van der Waals surface area contributed by atoms with Gasteiger partial charge < -0.3 is 16.8 Å². The van der Waals surface area contributed by atoms with Gasteiger partial charge in [0.1, 0.15) is 17.5 Å². The molecule has 0 aliphatic rings. The fourth-order valence-electron chi connectivity index (χ4n) is 1.84. The Labute approximate surface area is 110 Å². The molecule has 1 aromatic carbocycles. The van der Waals surface area contributed by atoms with Crippen LogP contribution in [-0.4, -0.2) is 16.5 Å². The molecule has 6 heteroatoms. The molecule has 0 saturated carbocycles. The molecule has 0 aliphatic carbocycles. The summed E-state index contributed by atoms with van der Waals surface area (Å²) >= 11 is 0. The minimum Gasteiger partial charge on any atom is -0.383 e. The third-order valence-electron chi connectivity index (χ3n) is 2.77. The van der Waals surface area contributed by atoms with Gasteiger partial charge in [-0.25, -0.2) is 4.39 Å². The van der Waals surface area contributed by atoms with E-state index in [2.05, 4.69) is 15.3 Å². The highest BCUT2D eigenvalue weighted by Crippen LogP contribution is 2.12. The zero-order chi connectivity index (χ0) is 13.8. The zero-order valence-electron chi connectivity index (χ0n) is 10.7. The van der Waals surface area contributed by atoms with Gasteiger partial charge in [0, 0.05) is 12.6 Å². The van der Waals surface area contributed by atoms with Crippen LogP contribution in [0, 0.1) is 12.7 Å². The van der Waals surface area contributed by atoms with E-state index >= 15 is 0 Å². The highest BCUT2D eigenvalue weighted by Gasteiger charge is 2.02. The lowest BCUT2D eigenvalue weighted by atomic mass is 10.1. The predicted molar refractivity (Wildman–Crippen MR) is 74.2 cm³/mol. The molecule has 0 atom stereocenters. The number of aryl methyl sites for hydroxylation is 1. The first-order valence-electron chi connectivity index (χ1n) is 5.93. The first-order valence-corrected chi connectivity index (χ1v) is 5.93. The van der Waals surface area contributed by atoms with E-state index in [9.17, 15) is 4.39 Å². The SMILES string of the molecule is Cc1cc(F)ccc1CCNc1cc(N)nc(N)n1. The maximum Gasteiger partial charge on any atom is 0.223 e. The number of halogens is 1. The number of anilines is 3. The van der Waals surface area contributed by atoms with Crippen LogP contribution in [0.3, 0.4) is 0 Å². The van der Waals surface area contributed by atoms with Crippen LogP contribution in [0.15, 0.2) is 24.3 Å². The molecule has 5 N–H and O–H groups in total. The van der Waals surface area contributed by atoms with Crippen molar-refractivity contribution in [2.45, 2.75) is 13.3 Å². The molecular formula is C13H16FN5. The molecule has 5 nitrogen and oxygen atoms in total. The Morgan fingerprint density at radius 1 is 1.21 bits per heavy atom. The molecule has 1 heterocycles. The smallest absolute Gasteiger partial charge is 0.223 e. The lowest BCUT2D eigenvalue weighted by Crippen LogP contribution is -2.09. The molecule has 0 bridgehead atoms. The van der Waals surface area contributed by atoms with E-state index in [1.54, 1.807) is 12.1 Å². The summed E-state index contributed by atoms with van der Waals surface area (Å²) in [5.41, 5.74) is 13.1. The predicted octanol–water partition coefficient (Wildman–Crippen LogP) is 1.74. The number of hydrogen-bond acceptors (Lipinski definition) is 5. The van der Waals surface area contributed by atoms with Crippen LogP contribution in [0.5, 0.6) is 0 Å². The summed E-state index contributed by atoms with van der Waals surface area (Å²) in [7, 11) is 0. The van der Waals surface area contributed by atoms with Crippen molar-refractivity contribution < 1.29 is 4.39 Å². The van der Waals surface area contributed by atoms with E-state index in [1.807, 2.05) is 6.92 Å². The van der Waals surface area contributed by atoms with Gasteiger partial charge >= 0.3 is 0 Å². The molecule has 0 aliphatic heterocycles. The second kappa shape index (κ2) is 5.51. The third kappa shape index (κ3) is 3.54. The Morgan fingerprint density at radius 3 is 2.68 bits per heavy atom. The lowest BCUT2D eigenvalue weighted by Gasteiger charge is -2.08. The molecule has 1 aromatic heterocycles. The Morgan fingerprint density at radius 2 is 2.00 bits per heavy atom. The minimum absolute atomic E-state index is 0.139. The van der Waals surface area contributed by atoms with E-state index in [0.29, 0.717) is 18.2 Å². The van der Waals surface area contributed by atoms with Crippen molar-refractivity contribution in [1.29, 1.82) is 0 Å². The van der Waals surface area contributed by atoms with Crippen LogP contribution < -0.4 is 16.8 Å². The summed E-state index contributed by atoms with van der Waals surface area (Å²) in [6.45, 7) is 2.54. The van der Waals surface area contributed by atoms with Gasteiger partial charge in [-0.05, 0) is 36.6 Å². The van der Waals surface area contributed by atoms with Crippen molar-refractivity contribution in [3.05, 3.63) is 41.2 Å². The molecule has 0 saturated heterocycles. The Hall–Kier alpha value is -2.37. The number of nitrogens with one attached hydrogen (secondary N) is 1. The average molecular weight is 261 g/mol. The summed E-state index contributed by atoms with van der Waals surface area (Å²) < 4.78 is 13.0. The maximum absolute atomic E-state index is 13.0. The largest absolute Gasteiger partial charge is 0.383 e. The van der Waals surface area contributed by atoms with E-state index < -0.39 is 0 Å². The molecule has 0 spiro atoms. The summed E-state index contributed by atoms with van der Waals surface area (Å²) in [4.78, 5) is 7.80. The fraction of sp³-hybridized carbons (Fsp3) is 0.231. The Balaban J connectivity index is 1.96. The number of nitrogens with two attached hydrogens (primary N) is 2. The normalized spacial score (nSPS) is 10.4. The molecule has 0 radical (unpaired) electrons. The van der Waals surface area contributed by atoms with Gasteiger partial charge in [-0.15, -0.1) is 0 Å². The van der Waals surface area contributed by atoms with Gasteiger partial charge in [-0.3, -0.25) is 0 Å². The number of benzene rings is 1. The first kappa shape index (κ1) is 13.1. The molecule has 2 rings (SSSR count). The van der Waals surface area contributed by atoms with Gasteiger partial charge in [0.15, 0.2) is 0 Å². The maximum atomic E-state index is 13.0. The summed E-state index contributed by atoms with van der Waals surface area (Å²) in [6, 6.07) is 6.39. The van der Waals surface area contributed by atoms with Crippen molar-refractivity contribution in [2.24, 2.45) is 0 Å². The highest BCUT2D eigenvalue weighted by molar-refractivity contribution is 5.48. The standard InChI is InChI=1S/C13H16FN5/c1-8-6-10(14)3-2-9(8)4-5-17-12-7-11(15)18-13(16)19-12/h2-3,6-7H,4-5H2,1H3,(H5,15,16,17,18,19). The van der Waals surface area contributed by atoms with Crippen LogP contribution in [0.2, 0.25) is 0 Å². The number of aromatic nitrogens is 2. The van der Waals surface area contributed by atoms with E-state index in [4.69, 9.17) is 11.5 Å². The number of nitrogens with zero attached hydrogens (tertiary/aromatic N) is 2. The van der Waals surface area contributed by atoms with Gasteiger partial charge in [-0.2, -0.15) is 9.97 Å². The Bertz CT molecular complexity index is 565. The van der Waals surface area contributed by atoms with E-state index in [1.165, 1.54) is 12.1 Å². The number of nitrogen functional groups attached to an aromatic ring is 2. The number of hydrogen-bond donors (Lipinski definition) is 3. The molecule has 19 heavy (non-hydrogen) atoms. The van der Waals surface area contributed by atoms with Crippen LogP contribution in [0.1, 0.15) is 11.1 Å². The molecule has 2 aromatic rings. The van der Waals surface area contributed by atoms with Crippen molar-refractivity contribution in [2.75, 3.05) is 23.3 Å². The molecule has 0 unspecified atom stereocenters. The minimum atomic E-state index is -0.217. The van der Waals surface area contributed by atoms with E-state index in [-0.39, 0.29) is 11.8 Å². The Kier molecular flexibility index (Phi) is 3.79. The van der Waals surface area contributed by atoms with Crippen molar-refractivity contribution in [1.82, 2.24) is 9.97 Å².